The van der Waals surface area contributed by atoms with Crippen molar-refractivity contribution in [1.29, 1.82) is 0 Å². The second kappa shape index (κ2) is 9.88. The molecule has 1 amide bonds. The first kappa shape index (κ1) is 21.9. The average Bonchev–Trinajstić information content (AvgIpc) is 3.50. The third-order valence-corrected chi connectivity index (χ3v) is 5.57. The quantitative estimate of drug-likeness (QED) is 0.225. The molecule has 2 heterocycles. The Kier molecular flexibility index (Phi) is 6.56. The van der Waals surface area contributed by atoms with Crippen LogP contribution in [0.2, 0.25) is 0 Å². The van der Waals surface area contributed by atoms with Crippen LogP contribution in [-0.2, 0) is 0 Å². The van der Waals surface area contributed by atoms with Crippen molar-refractivity contribution >= 4 is 34.8 Å². The third kappa shape index (κ3) is 4.96. The summed E-state index contributed by atoms with van der Waals surface area (Å²) < 4.78 is 1.76. The Morgan fingerprint density at radius 1 is 1.21 bits per heavy atom. The van der Waals surface area contributed by atoms with E-state index < -0.39 is 10.8 Å². The molecule has 33 heavy (non-hydrogen) atoms. The van der Waals surface area contributed by atoms with Gasteiger partial charge in [-0.3, -0.25) is 14.9 Å². The van der Waals surface area contributed by atoms with Crippen LogP contribution in [-0.4, -0.2) is 33.4 Å². The molecule has 0 radical (unpaired) electrons. The molecule has 0 bridgehead atoms. The van der Waals surface area contributed by atoms with Gasteiger partial charge in [0.15, 0.2) is 0 Å². The molecule has 10 heteroatoms. The van der Waals surface area contributed by atoms with Gasteiger partial charge < -0.3 is 5.32 Å². The third-order valence-electron chi connectivity index (χ3n) is 4.72. The lowest BCUT2D eigenvalue weighted by Crippen LogP contribution is -2.18. The van der Waals surface area contributed by atoms with E-state index in [1.165, 1.54) is 24.4 Å². The number of benzene rings is 2. The molecule has 0 aliphatic heterocycles. The summed E-state index contributed by atoms with van der Waals surface area (Å²) in [5.41, 5.74) is 5.11. The zero-order valence-electron chi connectivity index (χ0n) is 17.6. The molecule has 0 spiro atoms. The number of hydrogen-bond acceptors (Lipinski definition) is 7. The van der Waals surface area contributed by atoms with E-state index in [-0.39, 0.29) is 11.3 Å². The maximum Gasteiger partial charge on any atom is 0.293 e. The smallest absolute Gasteiger partial charge is 0.293 e. The largest absolute Gasteiger partial charge is 0.380 e. The number of carbonyl (C=O) groups excluding carboxylic acids is 1. The van der Waals surface area contributed by atoms with E-state index in [2.05, 4.69) is 20.9 Å². The molecule has 0 saturated carbocycles. The number of carbonyl (C=O) groups is 1. The summed E-state index contributed by atoms with van der Waals surface area (Å²) in [6.45, 7) is 2.36. The Hall–Kier alpha value is -4.31. The van der Waals surface area contributed by atoms with Crippen LogP contribution in [0.5, 0.6) is 0 Å². The van der Waals surface area contributed by atoms with Gasteiger partial charge in [0, 0.05) is 35.5 Å². The Balaban J connectivity index is 1.58. The van der Waals surface area contributed by atoms with Gasteiger partial charge >= 0.3 is 0 Å². The molecule has 2 aromatic carbocycles. The fourth-order valence-corrected chi connectivity index (χ4v) is 3.86. The minimum Gasteiger partial charge on any atom is -0.380 e. The number of anilines is 1. The standard InChI is InChI=1S/C23H20N6O3S/c1-2-24-19-11-10-17(13-20(19)29(31)32)23(30)26-25-14-18-15-28(21-9-6-12-33-21)27-22(18)16-7-4-3-5-8-16/h3-15,24H,2H2,1H3,(H,26,30)/b25-14+. The van der Waals surface area contributed by atoms with Crippen molar-refractivity contribution < 1.29 is 9.72 Å². The minimum absolute atomic E-state index is 0.137. The van der Waals surface area contributed by atoms with E-state index in [0.717, 1.165) is 10.6 Å². The lowest BCUT2D eigenvalue weighted by atomic mass is 10.1. The van der Waals surface area contributed by atoms with Gasteiger partial charge in [-0.1, -0.05) is 30.3 Å². The summed E-state index contributed by atoms with van der Waals surface area (Å²) in [4.78, 5) is 23.4. The highest BCUT2D eigenvalue weighted by Crippen LogP contribution is 2.26. The molecule has 0 aliphatic rings. The number of nitrogens with one attached hydrogen (secondary N) is 2. The number of aromatic nitrogens is 2. The highest BCUT2D eigenvalue weighted by molar-refractivity contribution is 7.12. The highest BCUT2D eigenvalue weighted by atomic mass is 32.1. The second-order valence-electron chi connectivity index (χ2n) is 6.91. The van der Waals surface area contributed by atoms with Crippen LogP contribution >= 0.6 is 11.3 Å². The number of nitrogens with zero attached hydrogens (tertiary/aromatic N) is 4. The average molecular weight is 461 g/mol. The molecule has 0 saturated heterocycles. The molecule has 4 aromatic rings. The predicted molar refractivity (Wildman–Crippen MR) is 129 cm³/mol. The molecule has 0 unspecified atom stereocenters. The minimum atomic E-state index is -0.552. The topological polar surface area (TPSA) is 114 Å². The van der Waals surface area contributed by atoms with Crippen LogP contribution in [0.15, 0.2) is 77.3 Å². The number of amides is 1. The summed E-state index contributed by atoms with van der Waals surface area (Å²) in [6.07, 6.45) is 3.35. The number of nitro groups is 1. The second-order valence-corrected chi connectivity index (χ2v) is 7.84. The van der Waals surface area contributed by atoms with Gasteiger partial charge in [-0.2, -0.15) is 10.2 Å². The van der Waals surface area contributed by atoms with Crippen molar-refractivity contribution in [2.24, 2.45) is 5.10 Å². The van der Waals surface area contributed by atoms with Crippen molar-refractivity contribution in [2.45, 2.75) is 6.92 Å². The van der Waals surface area contributed by atoms with E-state index in [0.29, 0.717) is 23.5 Å². The zero-order valence-corrected chi connectivity index (χ0v) is 18.5. The normalized spacial score (nSPS) is 10.9. The van der Waals surface area contributed by atoms with Gasteiger partial charge in [0.1, 0.15) is 16.4 Å². The molecule has 166 valence electrons. The number of hydrogen-bond donors (Lipinski definition) is 2. The maximum atomic E-state index is 12.5. The van der Waals surface area contributed by atoms with Crippen molar-refractivity contribution in [1.82, 2.24) is 15.2 Å². The Morgan fingerprint density at radius 2 is 2.03 bits per heavy atom. The molecule has 0 atom stereocenters. The van der Waals surface area contributed by atoms with E-state index in [1.807, 2.05) is 61.0 Å². The summed E-state index contributed by atoms with van der Waals surface area (Å²) >= 11 is 1.55. The fraction of sp³-hybridized carbons (Fsp3) is 0.0870. The van der Waals surface area contributed by atoms with Gasteiger partial charge in [-0.15, -0.1) is 11.3 Å². The maximum absolute atomic E-state index is 12.5. The molecule has 0 aliphatic carbocycles. The molecule has 2 aromatic heterocycles. The van der Waals surface area contributed by atoms with Crippen LogP contribution in [0.1, 0.15) is 22.8 Å². The van der Waals surface area contributed by atoms with Crippen molar-refractivity contribution in [3.63, 3.8) is 0 Å². The summed E-state index contributed by atoms with van der Waals surface area (Å²) in [5.74, 6) is -0.552. The van der Waals surface area contributed by atoms with Crippen LogP contribution in [0.4, 0.5) is 11.4 Å². The van der Waals surface area contributed by atoms with Crippen molar-refractivity contribution in [2.75, 3.05) is 11.9 Å². The number of nitro benzene ring substituents is 1. The van der Waals surface area contributed by atoms with Gasteiger partial charge in [0.25, 0.3) is 11.6 Å². The van der Waals surface area contributed by atoms with Gasteiger partial charge in [0.2, 0.25) is 0 Å². The zero-order chi connectivity index (χ0) is 23.2. The first-order valence-corrected chi connectivity index (χ1v) is 11.0. The Labute approximate surface area is 193 Å². The van der Waals surface area contributed by atoms with E-state index in [1.54, 1.807) is 16.0 Å². The fourth-order valence-electron chi connectivity index (χ4n) is 3.20. The first-order chi connectivity index (χ1) is 16.1. The Bertz CT molecular complexity index is 1300. The molecular formula is C23H20N6O3S. The summed E-state index contributed by atoms with van der Waals surface area (Å²) in [7, 11) is 0. The number of thiophene rings is 1. The van der Waals surface area contributed by atoms with E-state index in [4.69, 9.17) is 0 Å². The van der Waals surface area contributed by atoms with E-state index >= 15 is 0 Å². The SMILES string of the molecule is CCNc1ccc(C(=O)N/N=C/c2cn(-c3cccs3)nc2-c2ccccc2)cc1[N+](=O)[O-]. The summed E-state index contributed by atoms with van der Waals surface area (Å²) in [6, 6.07) is 17.8. The lowest BCUT2D eigenvalue weighted by Gasteiger charge is -2.06. The van der Waals surface area contributed by atoms with Gasteiger partial charge in [0.05, 0.1) is 11.1 Å². The molecule has 9 nitrogen and oxygen atoms in total. The predicted octanol–water partition coefficient (Wildman–Crippen LogP) is 4.70. The van der Waals surface area contributed by atoms with Crippen molar-refractivity contribution in [3.05, 3.63) is 93.5 Å². The first-order valence-electron chi connectivity index (χ1n) is 10.1. The van der Waals surface area contributed by atoms with Crippen molar-refractivity contribution in [3.8, 4) is 16.3 Å². The van der Waals surface area contributed by atoms with Crippen LogP contribution in [0, 0.1) is 10.1 Å². The molecule has 0 fully saturated rings. The Morgan fingerprint density at radius 3 is 2.73 bits per heavy atom. The summed E-state index contributed by atoms with van der Waals surface area (Å²) in [5, 5.41) is 25.9. The van der Waals surface area contributed by atoms with E-state index in [9.17, 15) is 14.9 Å². The molecule has 2 N–H and O–H groups in total. The van der Waals surface area contributed by atoms with Gasteiger partial charge in [-0.05, 0) is 36.6 Å². The monoisotopic (exact) mass is 460 g/mol. The lowest BCUT2D eigenvalue weighted by molar-refractivity contribution is -0.384. The van der Waals surface area contributed by atoms with Crippen LogP contribution in [0.3, 0.4) is 0 Å². The molecule has 4 rings (SSSR count). The highest BCUT2D eigenvalue weighted by Gasteiger charge is 2.17. The van der Waals surface area contributed by atoms with Gasteiger partial charge in [-0.25, -0.2) is 10.1 Å². The number of hydrazone groups is 1. The van der Waals surface area contributed by atoms with Crippen LogP contribution in [0.25, 0.3) is 16.3 Å². The molecular weight excluding hydrogens is 440 g/mol. The number of rotatable bonds is 8. The van der Waals surface area contributed by atoms with Crippen LogP contribution < -0.4 is 10.7 Å².